The molecular weight excluding hydrogens is 347 g/mol. The maximum Gasteiger partial charge on any atom is 0.416 e. The van der Waals surface area contributed by atoms with Gasteiger partial charge >= 0.3 is 6.18 Å². The number of likely N-dealkylation sites (tertiary alicyclic amines) is 1. The lowest BCUT2D eigenvalue weighted by molar-refractivity contribution is -0.137. The molecule has 1 aliphatic rings. The Hall–Kier alpha value is -2.35. The topological polar surface area (TPSA) is 61.4 Å². The molecular formula is C18H22F3N3O2. The number of carbonyl (C=O) groups excluding carboxylic acids is 2. The van der Waals surface area contributed by atoms with E-state index in [1.165, 1.54) is 25.3 Å². The second-order valence-electron chi connectivity index (χ2n) is 6.23. The first-order valence-electron chi connectivity index (χ1n) is 8.29. The predicted molar refractivity (Wildman–Crippen MR) is 91.1 cm³/mol. The van der Waals surface area contributed by atoms with E-state index in [1.54, 1.807) is 0 Å². The molecule has 1 aliphatic heterocycles. The third kappa shape index (κ3) is 5.08. The SMILES string of the molecule is C=CC(=O)NC1CCN(Cc2ccc(C(F)(F)F)cc2)C(C(=O)NC)C1. The van der Waals surface area contributed by atoms with Crippen LogP contribution in [-0.4, -0.2) is 42.4 Å². The number of hydrogen-bond donors (Lipinski definition) is 2. The van der Waals surface area contributed by atoms with Crippen molar-refractivity contribution in [2.75, 3.05) is 13.6 Å². The summed E-state index contributed by atoms with van der Waals surface area (Å²) in [7, 11) is 1.53. The van der Waals surface area contributed by atoms with E-state index in [0.29, 0.717) is 31.5 Å². The van der Waals surface area contributed by atoms with Gasteiger partial charge in [0.05, 0.1) is 11.6 Å². The van der Waals surface area contributed by atoms with Crippen LogP contribution >= 0.6 is 0 Å². The molecule has 0 bridgehead atoms. The highest BCUT2D eigenvalue weighted by Crippen LogP contribution is 2.29. The van der Waals surface area contributed by atoms with Crippen molar-refractivity contribution < 1.29 is 22.8 Å². The van der Waals surface area contributed by atoms with Gasteiger partial charge in [0.2, 0.25) is 11.8 Å². The van der Waals surface area contributed by atoms with Crippen molar-refractivity contribution in [2.24, 2.45) is 0 Å². The summed E-state index contributed by atoms with van der Waals surface area (Å²) in [4.78, 5) is 25.6. The molecule has 2 N–H and O–H groups in total. The minimum absolute atomic E-state index is 0.147. The third-order valence-electron chi connectivity index (χ3n) is 4.46. The van der Waals surface area contributed by atoms with Crippen molar-refractivity contribution in [3.8, 4) is 0 Å². The molecule has 2 amide bonds. The van der Waals surface area contributed by atoms with E-state index in [4.69, 9.17) is 0 Å². The lowest BCUT2D eigenvalue weighted by Crippen LogP contribution is -2.54. The largest absolute Gasteiger partial charge is 0.416 e. The number of amides is 2. The summed E-state index contributed by atoms with van der Waals surface area (Å²) in [5.41, 5.74) is -0.00423. The number of hydrogen-bond acceptors (Lipinski definition) is 3. The molecule has 0 spiro atoms. The molecule has 1 heterocycles. The molecule has 1 aromatic rings. The average molecular weight is 369 g/mol. The lowest BCUT2D eigenvalue weighted by atomic mass is 9.95. The third-order valence-corrected chi connectivity index (χ3v) is 4.46. The van der Waals surface area contributed by atoms with E-state index < -0.39 is 17.8 Å². The van der Waals surface area contributed by atoms with E-state index in [-0.39, 0.29) is 17.9 Å². The molecule has 1 fully saturated rings. The van der Waals surface area contributed by atoms with Crippen LogP contribution in [0.4, 0.5) is 13.2 Å². The summed E-state index contributed by atoms with van der Waals surface area (Å²) >= 11 is 0. The molecule has 2 unspecified atom stereocenters. The molecule has 142 valence electrons. The summed E-state index contributed by atoms with van der Waals surface area (Å²) in [5.74, 6) is -0.476. The zero-order chi connectivity index (χ0) is 19.3. The molecule has 0 aromatic heterocycles. The molecule has 0 saturated carbocycles. The Morgan fingerprint density at radius 1 is 1.31 bits per heavy atom. The fraction of sp³-hybridized carbons (Fsp3) is 0.444. The number of benzene rings is 1. The van der Waals surface area contributed by atoms with Gasteiger partial charge in [-0.2, -0.15) is 13.2 Å². The van der Waals surface area contributed by atoms with Crippen LogP contribution in [0.5, 0.6) is 0 Å². The van der Waals surface area contributed by atoms with Gasteiger partial charge < -0.3 is 10.6 Å². The van der Waals surface area contributed by atoms with Gasteiger partial charge in [0.1, 0.15) is 0 Å². The minimum atomic E-state index is -4.37. The predicted octanol–water partition coefficient (Wildman–Crippen LogP) is 2.09. The number of carbonyl (C=O) groups is 2. The zero-order valence-corrected chi connectivity index (χ0v) is 14.5. The van der Waals surface area contributed by atoms with Crippen LogP contribution in [0.2, 0.25) is 0 Å². The molecule has 26 heavy (non-hydrogen) atoms. The molecule has 1 saturated heterocycles. The Balaban J connectivity index is 2.08. The van der Waals surface area contributed by atoms with E-state index in [2.05, 4.69) is 17.2 Å². The van der Waals surface area contributed by atoms with Gasteiger partial charge in [-0.3, -0.25) is 14.5 Å². The van der Waals surface area contributed by atoms with Crippen molar-refractivity contribution in [2.45, 2.75) is 37.6 Å². The van der Waals surface area contributed by atoms with Gasteiger partial charge in [-0.15, -0.1) is 0 Å². The van der Waals surface area contributed by atoms with Gasteiger partial charge in [-0.05, 0) is 36.6 Å². The summed E-state index contributed by atoms with van der Waals surface area (Å²) in [6, 6.07) is 4.32. The maximum atomic E-state index is 12.7. The average Bonchev–Trinajstić information content (AvgIpc) is 2.61. The summed E-state index contributed by atoms with van der Waals surface area (Å²) < 4.78 is 38.0. The molecule has 2 atom stereocenters. The maximum absolute atomic E-state index is 12.7. The van der Waals surface area contributed by atoms with Crippen LogP contribution in [0, 0.1) is 0 Å². The van der Waals surface area contributed by atoms with E-state index in [0.717, 1.165) is 12.1 Å². The van der Waals surface area contributed by atoms with Gasteiger partial charge in [0.15, 0.2) is 0 Å². The summed E-state index contributed by atoms with van der Waals surface area (Å²) in [6.07, 6.45) is -2.11. The lowest BCUT2D eigenvalue weighted by Gasteiger charge is -2.38. The van der Waals surface area contributed by atoms with E-state index in [9.17, 15) is 22.8 Å². The van der Waals surface area contributed by atoms with E-state index >= 15 is 0 Å². The number of alkyl halides is 3. The Morgan fingerprint density at radius 2 is 1.96 bits per heavy atom. The molecule has 0 aliphatic carbocycles. The van der Waals surface area contributed by atoms with E-state index in [1.807, 2.05) is 4.90 Å². The van der Waals surface area contributed by atoms with Crippen molar-refractivity contribution in [1.29, 1.82) is 0 Å². The highest BCUT2D eigenvalue weighted by molar-refractivity contribution is 5.87. The summed E-state index contributed by atoms with van der Waals surface area (Å²) in [5, 5.41) is 5.40. The van der Waals surface area contributed by atoms with Crippen LogP contribution in [0.3, 0.4) is 0 Å². The Labute approximate surface area is 150 Å². The second kappa shape index (κ2) is 8.35. The second-order valence-corrected chi connectivity index (χ2v) is 6.23. The molecule has 0 radical (unpaired) electrons. The Morgan fingerprint density at radius 3 is 2.50 bits per heavy atom. The summed E-state index contributed by atoms with van der Waals surface area (Å²) in [6.45, 7) is 4.31. The van der Waals surface area contributed by atoms with Crippen LogP contribution < -0.4 is 10.6 Å². The zero-order valence-electron chi connectivity index (χ0n) is 14.5. The monoisotopic (exact) mass is 369 g/mol. The quantitative estimate of drug-likeness (QED) is 0.782. The number of piperidine rings is 1. The van der Waals surface area contributed by atoms with Crippen molar-refractivity contribution in [1.82, 2.24) is 15.5 Å². The van der Waals surface area contributed by atoms with Crippen LogP contribution in [-0.2, 0) is 22.3 Å². The van der Waals surface area contributed by atoms with Crippen molar-refractivity contribution >= 4 is 11.8 Å². The number of nitrogens with one attached hydrogen (secondary N) is 2. The first-order valence-corrected chi connectivity index (χ1v) is 8.29. The number of halogens is 3. The van der Waals surface area contributed by atoms with Crippen LogP contribution in [0.15, 0.2) is 36.9 Å². The Kier molecular flexibility index (Phi) is 6.42. The van der Waals surface area contributed by atoms with Gasteiger partial charge in [0, 0.05) is 26.2 Å². The number of likely N-dealkylation sites (N-methyl/N-ethyl adjacent to an activating group) is 1. The Bertz CT molecular complexity index is 659. The van der Waals surface area contributed by atoms with Crippen LogP contribution in [0.25, 0.3) is 0 Å². The fourth-order valence-corrected chi connectivity index (χ4v) is 3.07. The van der Waals surface area contributed by atoms with Crippen LogP contribution in [0.1, 0.15) is 24.0 Å². The molecule has 2 rings (SSSR count). The van der Waals surface area contributed by atoms with Gasteiger partial charge in [-0.25, -0.2) is 0 Å². The number of nitrogens with zero attached hydrogens (tertiary/aromatic N) is 1. The molecule has 5 nitrogen and oxygen atoms in total. The van der Waals surface area contributed by atoms with Gasteiger partial charge in [-0.1, -0.05) is 18.7 Å². The minimum Gasteiger partial charge on any atom is -0.358 e. The smallest absolute Gasteiger partial charge is 0.358 e. The molecule has 1 aromatic carbocycles. The number of rotatable bonds is 5. The van der Waals surface area contributed by atoms with Crippen molar-refractivity contribution in [3.05, 3.63) is 48.0 Å². The molecule has 8 heteroatoms. The normalized spacial score (nSPS) is 21.1. The highest BCUT2D eigenvalue weighted by atomic mass is 19.4. The standard InChI is InChI=1S/C18H22F3N3O2/c1-3-16(25)23-14-8-9-24(15(10-14)17(26)22-2)11-12-4-6-13(7-5-12)18(19,20)21/h3-7,14-15H,1,8-11H2,2H3,(H,22,26)(H,23,25). The fourth-order valence-electron chi connectivity index (χ4n) is 3.07. The van der Waals surface area contributed by atoms with Crippen molar-refractivity contribution in [3.63, 3.8) is 0 Å². The first-order chi connectivity index (χ1) is 12.2. The van der Waals surface area contributed by atoms with Gasteiger partial charge in [0.25, 0.3) is 0 Å². The first kappa shape index (κ1) is 20.0. The highest BCUT2D eigenvalue weighted by Gasteiger charge is 2.34.